The average Bonchev–Trinajstić information content (AvgIpc) is 3.58. The fourth-order valence-electron chi connectivity index (χ4n) is 4.43. The molecule has 2 aromatic heterocycles. The highest BCUT2D eigenvalue weighted by molar-refractivity contribution is 5.84. The molecule has 5 nitrogen and oxygen atoms in total. The van der Waals surface area contributed by atoms with Gasteiger partial charge in [-0.15, -0.1) is 0 Å². The predicted molar refractivity (Wildman–Crippen MR) is 125 cm³/mol. The van der Waals surface area contributed by atoms with Gasteiger partial charge in [0.05, 0.1) is 18.5 Å². The van der Waals surface area contributed by atoms with Gasteiger partial charge in [-0.3, -0.25) is 4.79 Å². The average molecular weight is 426 g/mol. The molecule has 1 aliphatic rings. The van der Waals surface area contributed by atoms with Crippen LogP contribution in [0.2, 0.25) is 0 Å². The number of benzene rings is 2. The number of aromatic nitrogens is 3. The lowest BCUT2D eigenvalue weighted by Gasteiger charge is -2.28. The molecule has 5 heteroatoms. The van der Waals surface area contributed by atoms with Crippen molar-refractivity contribution in [3.63, 3.8) is 0 Å². The molecule has 5 rings (SSSR count). The standard InChI is InChI=1S/C27H27N3O2/c1-3-32-26(31)27(2,17-19-7-5-4-6-8-19)24-15-16-28-25-23(18-29-30(24)25)22-13-11-21(12-14-22)20-9-10-20/h4-8,11-16,18,20H,3,9-10,17H2,1-2H3. The van der Waals surface area contributed by atoms with E-state index in [2.05, 4.69) is 34.3 Å². The summed E-state index contributed by atoms with van der Waals surface area (Å²) in [6.45, 7) is 4.09. The molecule has 0 aliphatic heterocycles. The zero-order chi connectivity index (χ0) is 22.1. The largest absolute Gasteiger partial charge is 0.465 e. The highest BCUT2D eigenvalue weighted by Gasteiger charge is 2.39. The van der Waals surface area contributed by atoms with Gasteiger partial charge in [-0.05, 0) is 61.8 Å². The summed E-state index contributed by atoms with van der Waals surface area (Å²) in [5.41, 5.74) is 5.11. The Labute approximate surface area is 188 Å². The van der Waals surface area contributed by atoms with Crippen LogP contribution < -0.4 is 0 Å². The highest BCUT2D eigenvalue weighted by atomic mass is 16.5. The molecule has 1 aliphatic carbocycles. The van der Waals surface area contributed by atoms with Gasteiger partial charge < -0.3 is 4.74 Å². The number of esters is 1. The molecule has 1 unspecified atom stereocenters. The van der Waals surface area contributed by atoms with Gasteiger partial charge in [-0.1, -0.05) is 54.6 Å². The van der Waals surface area contributed by atoms with Gasteiger partial charge >= 0.3 is 5.97 Å². The molecule has 0 saturated heterocycles. The van der Waals surface area contributed by atoms with Crippen molar-refractivity contribution in [3.05, 3.63) is 89.9 Å². The molecule has 0 amide bonds. The Morgan fingerprint density at radius 3 is 2.53 bits per heavy atom. The van der Waals surface area contributed by atoms with Crippen molar-refractivity contribution in [2.75, 3.05) is 6.61 Å². The summed E-state index contributed by atoms with van der Waals surface area (Å²) in [5.74, 6) is 0.461. The minimum absolute atomic E-state index is 0.262. The molecule has 32 heavy (non-hydrogen) atoms. The van der Waals surface area contributed by atoms with E-state index in [1.807, 2.05) is 56.4 Å². The third kappa shape index (κ3) is 3.68. The van der Waals surface area contributed by atoms with Gasteiger partial charge in [0, 0.05) is 11.8 Å². The molecule has 0 radical (unpaired) electrons. The van der Waals surface area contributed by atoms with Crippen LogP contribution in [0.25, 0.3) is 16.8 Å². The minimum atomic E-state index is -0.905. The number of rotatable bonds is 7. The molecule has 1 fully saturated rings. The van der Waals surface area contributed by atoms with E-state index in [4.69, 9.17) is 4.74 Å². The van der Waals surface area contributed by atoms with Crippen LogP contribution in [0.15, 0.2) is 73.1 Å². The lowest BCUT2D eigenvalue weighted by atomic mass is 9.80. The Bertz CT molecular complexity index is 1240. The van der Waals surface area contributed by atoms with Gasteiger partial charge in [-0.25, -0.2) is 9.50 Å². The van der Waals surface area contributed by atoms with Crippen LogP contribution in [0.3, 0.4) is 0 Å². The molecule has 162 valence electrons. The molecular weight excluding hydrogens is 398 g/mol. The number of carbonyl (C=O) groups excluding carboxylic acids is 1. The molecular formula is C27H27N3O2. The summed E-state index contributed by atoms with van der Waals surface area (Å²) in [7, 11) is 0. The molecule has 0 N–H and O–H groups in total. The molecule has 0 spiro atoms. The summed E-state index contributed by atoms with van der Waals surface area (Å²) in [6, 6.07) is 20.6. The molecule has 2 heterocycles. The first-order valence-corrected chi connectivity index (χ1v) is 11.2. The van der Waals surface area contributed by atoms with E-state index in [1.54, 1.807) is 10.7 Å². The summed E-state index contributed by atoms with van der Waals surface area (Å²) < 4.78 is 7.31. The van der Waals surface area contributed by atoms with E-state index >= 15 is 0 Å². The van der Waals surface area contributed by atoms with Crippen molar-refractivity contribution in [1.82, 2.24) is 14.6 Å². The summed E-state index contributed by atoms with van der Waals surface area (Å²) in [6.07, 6.45) is 6.68. The van der Waals surface area contributed by atoms with Crippen LogP contribution in [0.1, 0.15) is 49.4 Å². The summed E-state index contributed by atoms with van der Waals surface area (Å²) in [4.78, 5) is 17.8. The zero-order valence-electron chi connectivity index (χ0n) is 18.5. The topological polar surface area (TPSA) is 56.5 Å². The number of fused-ring (bicyclic) bond motifs is 1. The monoisotopic (exact) mass is 425 g/mol. The fourth-order valence-corrected chi connectivity index (χ4v) is 4.43. The van der Waals surface area contributed by atoms with E-state index in [1.165, 1.54) is 18.4 Å². The zero-order valence-corrected chi connectivity index (χ0v) is 18.5. The van der Waals surface area contributed by atoms with Crippen LogP contribution in [0.5, 0.6) is 0 Å². The number of hydrogen-bond acceptors (Lipinski definition) is 4. The molecule has 2 aromatic carbocycles. The van der Waals surface area contributed by atoms with E-state index in [0.29, 0.717) is 13.0 Å². The fraction of sp³-hybridized carbons (Fsp3) is 0.296. The van der Waals surface area contributed by atoms with Crippen LogP contribution in [-0.2, 0) is 21.4 Å². The second-order valence-corrected chi connectivity index (χ2v) is 8.73. The maximum Gasteiger partial charge on any atom is 0.318 e. The Balaban J connectivity index is 1.59. The second-order valence-electron chi connectivity index (χ2n) is 8.73. The lowest BCUT2D eigenvalue weighted by Crippen LogP contribution is -2.38. The number of carbonyl (C=O) groups is 1. The quantitative estimate of drug-likeness (QED) is 0.375. The molecule has 0 bridgehead atoms. The van der Waals surface area contributed by atoms with Crippen molar-refractivity contribution < 1.29 is 9.53 Å². The first kappa shape index (κ1) is 20.4. The van der Waals surface area contributed by atoms with E-state index < -0.39 is 5.41 Å². The summed E-state index contributed by atoms with van der Waals surface area (Å²) >= 11 is 0. The molecule has 4 aromatic rings. The van der Waals surface area contributed by atoms with Crippen LogP contribution in [-0.4, -0.2) is 27.2 Å². The number of nitrogens with zero attached hydrogens (tertiary/aromatic N) is 3. The van der Waals surface area contributed by atoms with Gasteiger partial charge in [-0.2, -0.15) is 5.10 Å². The Morgan fingerprint density at radius 2 is 1.84 bits per heavy atom. The van der Waals surface area contributed by atoms with Crippen molar-refractivity contribution >= 4 is 11.6 Å². The third-order valence-electron chi connectivity index (χ3n) is 6.36. The Hall–Kier alpha value is -3.47. The lowest BCUT2D eigenvalue weighted by molar-refractivity contribution is -0.149. The highest BCUT2D eigenvalue weighted by Crippen LogP contribution is 2.40. The van der Waals surface area contributed by atoms with Crippen molar-refractivity contribution in [1.29, 1.82) is 0 Å². The Kier molecular flexibility index (Phi) is 5.25. The van der Waals surface area contributed by atoms with Crippen LogP contribution >= 0.6 is 0 Å². The maximum absolute atomic E-state index is 13.2. The second kappa shape index (κ2) is 8.23. The first-order valence-electron chi connectivity index (χ1n) is 11.2. The van der Waals surface area contributed by atoms with Gasteiger partial charge in [0.2, 0.25) is 0 Å². The van der Waals surface area contributed by atoms with Crippen molar-refractivity contribution in [2.24, 2.45) is 0 Å². The SMILES string of the molecule is CCOC(=O)C(C)(Cc1ccccc1)c1ccnc2c(-c3ccc(C4CC4)cc3)cnn12. The smallest absolute Gasteiger partial charge is 0.318 e. The van der Waals surface area contributed by atoms with E-state index in [9.17, 15) is 4.79 Å². The number of hydrogen-bond donors (Lipinski definition) is 0. The third-order valence-corrected chi connectivity index (χ3v) is 6.36. The maximum atomic E-state index is 13.2. The van der Waals surface area contributed by atoms with E-state index in [-0.39, 0.29) is 5.97 Å². The van der Waals surface area contributed by atoms with Crippen molar-refractivity contribution in [3.8, 4) is 11.1 Å². The first-order chi connectivity index (χ1) is 15.6. The Morgan fingerprint density at radius 1 is 1.09 bits per heavy atom. The van der Waals surface area contributed by atoms with Gasteiger partial charge in [0.25, 0.3) is 0 Å². The summed E-state index contributed by atoms with van der Waals surface area (Å²) in [5, 5.41) is 4.66. The number of ether oxygens (including phenoxy) is 1. The predicted octanol–water partition coefficient (Wildman–Crippen LogP) is 5.34. The molecule has 1 saturated carbocycles. The van der Waals surface area contributed by atoms with E-state index in [0.717, 1.165) is 33.9 Å². The van der Waals surface area contributed by atoms with Gasteiger partial charge in [0.15, 0.2) is 5.65 Å². The van der Waals surface area contributed by atoms with Crippen molar-refractivity contribution in [2.45, 2.75) is 44.4 Å². The normalized spacial score (nSPS) is 15.4. The van der Waals surface area contributed by atoms with Gasteiger partial charge in [0.1, 0.15) is 5.41 Å². The minimum Gasteiger partial charge on any atom is -0.465 e. The molecule has 1 atom stereocenters. The van der Waals surface area contributed by atoms with Crippen LogP contribution in [0, 0.1) is 0 Å². The van der Waals surface area contributed by atoms with Crippen LogP contribution in [0.4, 0.5) is 0 Å².